The molecule has 0 aliphatic carbocycles. The standard InChI is InChI=1S/C16H39NO4Si4/c1-12-16(18)17(2)14-13-15-25(19-22(3,4)5,20-23(6,7)8)21-24(9,10)11/h12H,1,13-15H2,2-11H3. The van der Waals surface area contributed by atoms with Gasteiger partial charge < -0.3 is 17.2 Å². The van der Waals surface area contributed by atoms with E-state index >= 15 is 0 Å². The zero-order chi connectivity index (χ0) is 20.1. The lowest BCUT2D eigenvalue weighted by atomic mass is 10.4. The van der Waals surface area contributed by atoms with Crippen LogP contribution in [0.4, 0.5) is 0 Å². The Labute approximate surface area is 159 Å². The molecule has 0 aliphatic rings. The smallest absolute Gasteiger partial charge is 0.417 e. The van der Waals surface area contributed by atoms with E-state index in [-0.39, 0.29) is 5.91 Å². The van der Waals surface area contributed by atoms with Crippen molar-refractivity contribution in [3.8, 4) is 0 Å². The summed E-state index contributed by atoms with van der Waals surface area (Å²) in [5.41, 5.74) is 0. The molecule has 0 unspecified atom stereocenters. The minimum Gasteiger partial charge on any atom is -0.417 e. The molecule has 25 heavy (non-hydrogen) atoms. The van der Waals surface area contributed by atoms with Gasteiger partial charge in [0.2, 0.25) is 5.91 Å². The summed E-state index contributed by atoms with van der Waals surface area (Å²) in [5.74, 6) is -0.0596. The first-order valence-corrected chi connectivity index (χ1v) is 21.1. The second-order valence-electron chi connectivity index (χ2n) is 9.39. The highest BCUT2D eigenvalue weighted by atomic mass is 28.5. The van der Waals surface area contributed by atoms with Crippen LogP contribution in [0.3, 0.4) is 0 Å². The maximum atomic E-state index is 11.7. The maximum Gasteiger partial charge on any atom is 0.469 e. The van der Waals surface area contributed by atoms with Crippen molar-refractivity contribution in [1.29, 1.82) is 0 Å². The molecule has 0 aliphatic heterocycles. The van der Waals surface area contributed by atoms with Crippen LogP contribution >= 0.6 is 0 Å². The Bertz CT molecular complexity index is 412. The molecule has 0 fully saturated rings. The molecule has 0 aromatic rings. The summed E-state index contributed by atoms with van der Waals surface area (Å²) in [5, 5.41) is 0. The molecule has 0 heterocycles. The van der Waals surface area contributed by atoms with Gasteiger partial charge in [-0.2, -0.15) is 0 Å². The maximum absolute atomic E-state index is 11.7. The second-order valence-corrected chi connectivity index (χ2v) is 26.4. The molecule has 0 rings (SSSR count). The van der Waals surface area contributed by atoms with Gasteiger partial charge in [-0.15, -0.1) is 0 Å². The average molecular weight is 422 g/mol. The van der Waals surface area contributed by atoms with E-state index in [0.29, 0.717) is 6.54 Å². The number of carbonyl (C=O) groups is 1. The van der Waals surface area contributed by atoms with Crippen LogP contribution < -0.4 is 0 Å². The highest BCUT2D eigenvalue weighted by Crippen LogP contribution is 2.29. The van der Waals surface area contributed by atoms with Crippen LogP contribution in [0.5, 0.6) is 0 Å². The Hall–Kier alpha value is -0.0425. The SMILES string of the molecule is C=CC(=O)N(C)CCC[Si](O[Si](C)(C)C)(O[Si](C)(C)C)O[Si](C)(C)C. The molecule has 0 bridgehead atoms. The summed E-state index contributed by atoms with van der Waals surface area (Å²) in [7, 11) is -6.51. The Balaban J connectivity index is 5.43. The predicted molar refractivity (Wildman–Crippen MR) is 116 cm³/mol. The van der Waals surface area contributed by atoms with Crippen molar-refractivity contribution in [3.05, 3.63) is 12.7 Å². The minimum atomic E-state index is -2.79. The number of amides is 1. The van der Waals surface area contributed by atoms with Crippen LogP contribution in [0.1, 0.15) is 6.42 Å². The lowest BCUT2D eigenvalue weighted by Crippen LogP contribution is -2.60. The van der Waals surface area contributed by atoms with Crippen molar-refractivity contribution < 1.29 is 17.1 Å². The van der Waals surface area contributed by atoms with E-state index in [9.17, 15) is 4.79 Å². The van der Waals surface area contributed by atoms with E-state index in [1.807, 2.05) is 0 Å². The van der Waals surface area contributed by atoms with Gasteiger partial charge in [-0.1, -0.05) is 6.58 Å². The average Bonchev–Trinajstić information content (AvgIpc) is 2.30. The normalized spacial score (nSPS) is 13.7. The van der Waals surface area contributed by atoms with Crippen LogP contribution in [0, 0.1) is 0 Å². The number of hydrogen-bond donors (Lipinski definition) is 0. The number of rotatable bonds is 11. The second kappa shape index (κ2) is 9.24. The quantitative estimate of drug-likeness (QED) is 0.363. The number of nitrogens with zero attached hydrogens (tertiary/aromatic N) is 1. The molecular weight excluding hydrogens is 383 g/mol. The Morgan fingerprint density at radius 1 is 0.880 bits per heavy atom. The lowest BCUT2D eigenvalue weighted by molar-refractivity contribution is -0.124. The number of likely N-dealkylation sites (N-methyl/N-ethyl adjacent to an activating group) is 1. The summed E-state index contributed by atoms with van der Waals surface area (Å²) >= 11 is 0. The van der Waals surface area contributed by atoms with E-state index < -0.39 is 33.8 Å². The molecule has 148 valence electrons. The zero-order valence-corrected chi connectivity index (χ0v) is 22.0. The van der Waals surface area contributed by atoms with Crippen molar-refractivity contribution in [2.45, 2.75) is 71.4 Å². The van der Waals surface area contributed by atoms with Crippen LogP contribution in [-0.2, 0) is 17.1 Å². The molecule has 0 saturated carbocycles. The van der Waals surface area contributed by atoms with Crippen molar-refractivity contribution >= 4 is 39.7 Å². The van der Waals surface area contributed by atoms with Gasteiger partial charge in [0, 0.05) is 19.6 Å². The van der Waals surface area contributed by atoms with Gasteiger partial charge in [0.15, 0.2) is 25.0 Å². The van der Waals surface area contributed by atoms with Gasteiger partial charge in [0.25, 0.3) is 0 Å². The third-order valence-electron chi connectivity index (χ3n) is 2.91. The van der Waals surface area contributed by atoms with E-state index in [1.54, 1.807) is 11.9 Å². The molecule has 0 radical (unpaired) electrons. The van der Waals surface area contributed by atoms with Gasteiger partial charge in [-0.3, -0.25) is 4.79 Å². The molecule has 0 aromatic carbocycles. The number of carbonyl (C=O) groups excluding carboxylic acids is 1. The molecule has 0 spiro atoms. The van der Waals surface area contributed by atoms with Gasteiger partial charge in [0.1, 0.15) is 0 Å². The van der Waals surface area contributed by atoms with Crippen molar-refractivity contribution in [3.63, 3.8) is 0 Å². The fraction of sp³-hybridized carbons (Fsp3) is 0.812. The molecular formula is C16H39NO4Si4. The van der Waals surface area contributed by atoms with Gasteiger partial charge in [0.05, 0.1) is 0 Å². The van der Waals surface area contributed by atoms with E-state index in [1.165, 1.54) is 6.08 Å². The summed E-state index contributed by atoms with van der Waals surface area (Å²) in [6.07, 6.45) is 2.15. The molecule has 5 nitrogen and oxygen atoms in total. The third-order valence-corrected chi connectivity index (χ3v) is 15.0. The van der Waals surface area contributed by atoms with Crippen LogP contribution in [0.15, 0.2) is 12.7 Å². The highest BCUT2D eigenvalue weighted by molar-refractivity contribution is 6.90. The lowest BCUT2D eigenvalue weighted by Gasteiger charge is -2.43. The Morgan fingerprint density at radius 3 is 1.52 bits per heavy atom. The Kier molecular flexibility index (Phi) is 9.23. The van der Waals surface area contributed by atoms with Gasteiger partial charge in [-0.25, -0.2) is 0 Å². The molecule has 1 amide bonds. The fourth-order valence-electron chi connectivity index (χ4n) is 2.41. The number of hydrogen-bond acceptors (Lipinski definition) is 4. The van der Waals surface area contributed by atoms with Crippen molar-refractivity contribution in [2.24, 2.45) is 0 Å². The summed E-state index contributed by atoms with van der Waals surface area (Å²) in [6, 6.07) is 0.751. The molecule has 9 heteroatoms. The van der Waals surface area contributed by atoms with Gasteiger partial charge >= 0.3 is 8.80 Å². The molecule has 0 aromatic heterocycles. The summed E-state index contributed by atoms with van der Waals surface area (Å²) < 4.78 is 19.9. The minimum absolute atomic E-state index is 0.0596. The van der Waals surface area contributed by atoms with Crippen LogP contribution in [0.25, 0.3) is 0 Å². The van der Waals surface area contributed by atoms with E-state index in [0.717, 1.165) is 12.5 Å². The highest BCUT2D eigenvalue weighted by Gasteiger charge is 2.49. The van der Waals surface area contributed by atoms with Crippen molar-refractivity contribution in [1.82, 2.24) is 4.90 Å². The predicted octanol–water partition coefficient (Wildman–Crippen LogP) is 4.51. The first-order chi connectivity index (χ1) is 11.0. The molecule has 0 atom stereocenters. The van der Waals surface area contributed by atoms with Crippen LogP contribution in [-0.4, -0.2) is 58.2 Å². The first kappa shape index (κ1) is 25.0. The third kappa shape index (κ3) is 12.1. The first-order valence-electron chi connectivity index (χ1n) is 8.97. The van der Waals surface area contributed by atoms with Gasteiger partial charge in [-0.05, 0) is 71.4 Å². The zero-order valence-electron chi connectivity index (χ0n) is 18.0. The van der Waals surface area contributed by atoms with Crippen molar-refractivity contribution in [2.75, 3.05) is 13.6 Å². The summed E-state index contributed by atoms with van der Waals surface area (Å²) in [4.78, 5) is 13.4. The largest absolute Gasteiger partial charge is 0.469 e. The fourth-order valence-corrected chi connectivity index (χ4v) is 17.1. The molecule has 0 saturated heterocycles. The van der Waals surface area contributed by atoms with Crippen LogP contribution in [0.2, 0.25) is 65.0 Å². The topological polar surface area (TPSA) is 48.0 Å². The van der Waals surface area contributed by atoms with E-state index in [4.69, 9.17) is 12.3 Å². The summed E-state index contributed by atoms with van der Waals surface area (Å²) in [6.45, 7) is 23.8. The monoisotopic (exact) mass is 421 g/mol. The van der Waals surface area contributed by atoms with E-state index in [2.05, 4.69) is 65.5 Å². The Morgan fingerprint density at radius 2 is 1.24 bits per heavy atom. The molecule has 0 N–H and O–H groups in total.